The van der Waals surface area contributed by atoms with Crippen LogP contribution in [0.15, 0.2) is 29.2 Å². The second-order valence-electron chi connectivity index (χ2n) is 7.04. The molecule has 1 aliphatic heterocycles. The molecule has 9 nitrogen and oxygen atoms in total. The van der Waals surface area contributed by atoms with Gasteiger partial charge in [-0.15, -0.1) is 5.10 Å². The summed E-state index contributed by atoms with van der Waals surface area (Å²) >= 11 is 0. The molecule has 0 radical (unpaired) electrons. The lowest BCUT2D eigenvalue weighted by Crippen LogP contribution is -2.56. The van der Waals surface area contributed by atoms with Crippen molar-refractivity contribution in [2.24, 2.45) is 0 Å². The van der Waals surface area contributed by atoms with Gasteiger partial charge in [0.1, 0.15) is 5.82 Å². The molecule has 1 fully saturated rings. The molecular weight excluding hydrogens is 387 g/mol. The third-order valence-corrected chi connectivity index (χ3v) is 7.02. The second kappa shape index (κ2) is 8.19. The standard InChI is InChI=1S/C17H25FN6O3S/c1-22(2)17(16-19-20-21-24(16)10-11-27-3)8-5-9-23(13-17)28(25,26)15-7-4-6-14(18)12-15/h4,6-7,12H,5,8-11,13H2,1-3H3. The van der Waals surface area contributed by atoms with Crippen LogP contribution in [0.2, 0.25) is 0 Å². The number of benzene rings is 1. The monoisotopic (exact) mass is 412 g/mol. The molecule has 28 heavy (non-hydrogen) atoms. The minimum absolute atomic E-state index is 0.0546. The maximum Gasteiger partial charge on any atom is 0.243 e. The number of nitrogens with zero attached hydrogens (tertiary/aromatic N) is 6. The van der Waals surface area contributed by atoms with Gasteiger partial charge >= 0.3 is 0 Å². The van der Waals surface area contributed by atoms with Crippen LogP contribution >= 0.6 is 0 Å². The van der Waals surface area contributed by atoms with E-state index >= 15 is 0 Å². The number of ether oxygens (including phenoxy) is 1. The van der Waals surface area contributed by atoms with Gasteiger partial charge in [0, 0.05) is 20.2 Å². The molecule has 1 unspecified atom stereocenters. The molecule has 0 saturated carbocycles. The van der Waals surface area contributed by atoms with Crippen LogP contribution in [0.4, 0.5) is 4.39 Å². The summed E-state index contributed by atoms with van der Waals surface area (Å²) in [5.74, 6) is 0.00848. The van der Waals surface area contributed by atoms with Crippen LogP contribution in [0.1, 0.15) is 18.7 Å². The number of hydrogen-bond acceptors (Lipinski definition) is 7. The highest BCUT2D eigenvalue weighted by Gasteiger charge is 2.46. The van der Waals surface area contributed by atoms with Crippen molar-refractivity contribution in [3.8, 4) is 0 Å². The summed E-state index contributed by atoms with van der Waals surface area (Å²) in [4.78, 5) is 1.90. The molecule has 2 aromatic rings. The van der Waals surface area contributed by atoms with Crippen LogP contribution in [0.3, 0.4) is 0 Å². The SMILES string of the molecule is COCCn1nnnc1C1(N(C)C)CCCN(S(=O)(=O)c2cccc(F)c2)C1. The Morgan fingerprint density at radius 2 is 2.14 bits per heavy atom. The maximum absolute atomic E-state index is 13.6. The number of piperidine rings is 1. The Morgan fingerprint density at radius 3 is 2.82 bits per heavy atom. The van der Waals surface area contributed by atoms with E-state index in [-0.39, 0.29) is 11.4 Å². The van der Waals surface area contributed by atoms with Gasteiger partial charge in [-0.1, -0.05) is 6.07 Å². The van der Waals surface area contributed by atoms with E-state index in [2.05, 4.69) is 15.5 Å². The molecule has 11 heteroatoms. The van der Waals surface area contributed by atoms with E-state index in [4.69, 9.17) is 4.74 Å². The minimum atomic E-state index is -3.85. The maximum atomic E-state index is 13.6. The van der Waals surface area contributed by atoms with Gasteiger partial charge in [-0.25, -0.2) is 17.5 Å². The Morgan fingerprint density at radius 1 is 1.36 bits per heavy atom. The van der Waals surface area contributed by atoms with Gasteiger partial charge < -0.3 is 4.74 Å². The highest BCUT2D eigenvalue weighted by molar-refractivity contribution is 7.89. The van der Waals surface area contributed by atoms with E-state index < -0.39 is 21.4 Å². The van der Waals surface area contributed by atoms with Crippen molar-refractivity contribution in [3.05, 3.63) is 35.9 Å². The van der Waals surface area contributed by atoms with Crippen molar-refractivity contribution >= 4 is 10.0 Å². The van der Waals surface area contributed by atoms with Gasteiger partial charge in [0.15, 0.2) is 5.82 Å². The van der Waals surface area contributed by atoms with E-state index in [1.54, 1.807) is 11.8 Å². The smallest absolute Gasteiger partial charge is 0.243 e. The quantitative estimate of drug-likeness (QED) is 0.661. The minimum Gasteiger partial charge on any atom is -0.383 e. The van der Waals surface area contributed by atoms with Gasteiger partial charge in [-0.2, -0.15) is 4.31 Å². The summed E-state index contributed by atoms with van der Waals surface area (Å²) in [5.41, 5.74) is -0.699. The van der Waals surface area contributed by atoms with Crippen LogP contribution in [0.25, 0.3) is 0 Å². The zero-order valence-corrected chi connectivity index (χ0v) is 17.1. The van der Waals surface area contributed by atoms with Crippen molar-refractivity contribution in [2.45, 2.75) is 29.8 Å². The van der Waals surface area contributed by atoms with E-state index in [9.17, 15) is 12.8 Å². The first-order chi connectivity index (χ1) is 13.3. The highest BCUT2D eigenvalue weighted by Crippen LogP contribution is 2.36. The lowest BCUT2D eigenvalue weighted by Gasteiger charge is -2.45. The molecule has 1 atom stereocenters. The van der Waals surface area contributed by atoms with Gasteiger partial charge in [0.05, 0.1) is 23.6 Å². The fourth-order valence-corrected chi connectivity index (χ4v) is 5.16. The van der Waals surface area contributed by atoms with E-state index in [0.29, 0.717) is 38.4 Å². The Hall–Kier alpha value is -1.95. The molecule has 0 spiro atoms. The first-order valence-corrected chi connectivity index (χ1v) is 10.4. The normalized spacial score (nSPS) is 21.3. The third-order valence-electron chi connectivity index (χ3n) is 5.18. The lowest BCUT2D eigenvalue weighted by atomic mass is 9.88. The Bertz CT molecular complexity index is 919. The van der Waals surface area contributed by atoms with Crippen LogP contribution < -0.4 is 0 Å². The third kappa shape index (κ3) is 3.79. The summed E-state index contributed by atoms with van der Waals surface area (Å²) in [6.07, 6.45) is 1.33. The molecule has 1 saturated heterocycles. The summed E-state index contributed by atoms with van der Waals surface area (Å²) < 4.78 is 48.1. The highest BCUT2D eigenvalue weighted by atomic mass is 32.2. The number of tetrazole rings is 1. The van der Waals surface area contributed by atoms with Gasteiger partial charge in [0.2, 0.25) is 10.0 Å². The van der Waals surface area contributed by atoms with Crippen molar-refractivity contribution in [1.82, 2.24) is 29.4 Å². The molecule has 0 N–H and O–H groups in total. The number of sulfonamides is 1. The molecule has 0 bridgehead atoms. The van der Waals surface area contributed by atoms with Crippen molar-refractivity contribution in [1.29, 1.82) is 0 Å². The lowest BCUT2D eigenvalue weighted by molar-refractivity contribution is 0.0620. The van der Waals surface area contributed by atoms with Crippen LogP contribution in [0.5, 0.6) is 0 Å². The van der Waals surface area contributed by atoms with Crippen molar-refractivity contribution < 1.29 is 17.5 Å². The number of rotatable bonds is 7. The molecule has 154 valence electrons. The van der Waals surface area contributed by atoms with Gasteiger partial charge in [-0.3, -0.25) is 4.90 Å². The van der Waals surface area contributed by atoms with Crippen molar-refractivity contribution in [3.63, 3.8) is 0 Å². The first kappa shape index (κ1) is 20.8. The largest absolute Gasteiger partial charge is 0.383 e. The van der Waals surface area contributed by atoms with Crippen LogP contribution in [-0.4, -0.2) is 78.7 Å². The number of methoxy groups -OCH3 is 1. The predicted octanol–water partition coefficient (Wildman–Crippen LogP) is 0.700. The van der Waals surface area contributed by atoms with E-state index in [1.807, 2.05) is 19.0 Å². The van der Waals surface area contributed by atoms with Gasteiger partial charge in [0.25, 0.3) is 0 Å². The summed E-state index contributed by atoms with van der Waals surface area (Å²) in [5, 5.41) is 12.1. The molecule has 2 heterocycles. The predicted molar refractivity (Wildman–Crippen MR) is 99.5 cm³/mol. The van der Waals surface area contributed by atoms with Crippen LogP contribution in [-0.2, 0) is 26.8 Å². The molecule has 1 aromatic heterocycles. The van der Waals surface area contributed by atoms with E-state index in [1.165, 1.54) is 22.5 Å². The summed E-state index contributed by atoms with van der Waals surface area (Å²) in [6.45, 7) is 1.43. The zero-order valence-electron chi connectivity index (χ0n) is 16.2. The molecule has 0 aliphatic carbocycles. The van der Waals surface area contributed by atoms with E-state index in [0.717, 1.165) is 6.07 Å². The number of likely N-dealkylation sites (N-methyl/N-ethyl adjacent to an activating group) is 1. The average molecular weight is 412 g/mol. The van der Waals surface area contributed by atoms with Crippen LogP contribution in [0, 0.1) is 5.82 Å². The average Bonchev–Trinajstić information content (AvgIpc) is 3.15. The second-order valence-corrected chi connectivity index (χ2v) is 8.98. The fourth-order valence-electron chi connectivity index (χ4n) is 3.59. The number of halogens is 1. The summed E-state index contributed by atoms with van der Waals surface area (Å²) in [6, 6.07) is 5.08. The summed E-state index contributed by atoms with van der Waals surface area (Å²) in [7, 11) is 1.52. The first-order valence-electron chi connectivity index (χ1n) is 9.00. The molecule has 1 aliphatic rings. The molecule has 0 amide bonds. The Labute approximate surface area is 164 Å². The number of hydrogen-bond donors (Lipinski definition) is 0. The van der Waals surface area contributed by atoms with Crippen molar-refractivity contribution in [2.75, 3.05) is 40.9 Å². The molecular formula is C17H25FN6O3S. The number of aromatic nitrogens is 4. The molecule has 1 aromatic carbocycles. The topological polar surface area (TPSA) is 93.4 Å². The Balaban J connectivity index is 1.98. The fraction of sp³-hybridized carbons (Fsp3) is 0.588. The Kier molecular flexibility index (Phi) is 6.08. The zero-order chi connectivity index (χ0) is 20.4. The van der Waals surface area contributed by atoms with Gasteiger partial charge in [-0.05, 0) is 55.6 Å². The molecule has 3 rings (SSSR count).